The molecule has 1 aliphatic carbocycles. The average molecular weight is 320 g/mol. The maximum Gasteiger partial charge on any atom is 0.129 e. The van der Waals surface area contributed by atoms with Gasteiger partial charge in [0.1, 0.15) is 11.9 Å². The predicted molar refractivity (Wildman–Crippen MR) is 81.9 cm³/mol. The monoisotopic (exact) mass is 319 g/mol. The van der Waals surface area contributed by atoms with Gasteiger partial charge in [0, 0.05) is 21.8 Å². The molecule has 1 saturated carbocycles. The average Bonchev–Trinajstić information content (AvgIpc) is 2.46. The second kappa shape index (κ2) is 4.78. The summed E-state index contributed by atoms with van der Waals surface area (Å²) in [6, 6.07) is 10.1. The first-order valence-corrected chi connectivity index (χ1v) is 7.71. The van der Waals surface area contributed by atoms with Crippen LogP contribution >= 0.6 is 15.9 Å². The highest BCUT2D eigenvalue weighted by molar-refractivity contribution is 9.09. The van der Waals surface area contributed by atoms with Gasteiger partial charge in [0.05, 0.1) is 5.52 Å². The molecule has 0 radical (unpaired) electrons. The van der Waals surface area contributed by atoms with Gasteiger partial charge in [-0.25, -0.2) is 0 Å². The van der Waals surface area contributed by atoms with Crippen LogP contribution in [0.3, 0.4) is 0 Å². The molecule has 1 aliphatic rings. The van der Waals surface area contributed by atoms with Gasteiger partial charge in [-0.3, -0.25) is 4.98 Å². The van der Waals surface area contributed by atoms with E-state index in [1.807, 2.05) is 30.5 Å². The molecular weight excluding hydrogens is 302 g/mol. The molecule has 1 heterocycles. The lowest BCUT2D eigenvalue weighted by Crippen LogP contribution is -2.54. The van der Waals surface area contributed by atoms with Crippen molar-refractivity contribution in [1.29, 1.82) is 0 Å². The standard InChI is InChI=1S/C16H18BrNO/c1-3-16(2)14(17)10-15(16)19-13-8-4-7-12-11(13)6-5-9-18-12/h4-9,14-15H,3,10H2,1-2H3. The highest BCUT2D eigenvalue weighted by atomic mass is 79.9. The fourth-order valence-corrected chi connectivity index (χ4v) is 3.69. The van der Waals surface area contributed by atoms with Gasteiger partial charge >= 0.3 is 0 Å². The first-order valence-electron chi connectivity index (χ1n) is 6.79. The van der Waals surface area contributed by atoms with Crippen LogP contribution in [-0.4, -0.2) is 15.9 Å². The summed E-state index contributed by atoms with van der Waals surface area (Å²) in [5, 5.41) is 1.10. The van der Waals surface area contributed by atoms with Crippen molar-refractivity contribution in [3.63, 3.8) is 0 Å². The maximum absolute atomic E-state index is 6.27. The summed E-state index contributed by atoms with van der Waals surface area (Å²) in [5.74, 6) is 0.953. The SMILES string of the molecule is CCC1(C)C(Br)CC1Oc1cccc2ncccc12. The summed E-state index contributed by atoms with van der Waals surface area (Å²) in [6.45, 7) is 4.53. The lowest BCUT2D eigenvalue weighted by Gasteiger charge is -2.50. The molecule has 0 aliphatic heterocycles. The molecule has 100 valence electrons. The Morgan fingerprint density at radius 2 is 2.21 bits per heavy atom. The number of nitrogens with zero attached hydrogens (tertiary/aromatic N) is 1. The highest BCUT2D eigenvalue weighted by Gasteiger charge is 2.50. The van der Waals surface area contributed by atoms with E-state index in [1.54, 1.807) is 0 Å². The van der Waals surface area contributed by atoms with E-state index in [4.69, 9.17) is 4.74 Å². The van der Waals surface area contributed by atoms with Crippen LogP contribution in [0, 0.1) is 5.41 Å². The van der Waals surface area contributed by atoms with Crippen LogP contribution in [-0.2, 0) is 0 Å². The van der Waals surface area contributed by atoms with Gasteiger partial charge in [-0.15, -0.1) is 0 Å². The normalized spacial score (nSPS) is 30.1. The molecule has 1 aromatic heterocycles. The maximum atomic E-state index is 6.27. The third-order valence-electron chi connectivity index (χ3n) is 4.51. The molecule has 0 amide bonds. The zero-order chi connectivity index (χ0) is 13.5. The smallest absolute Gasteiger partial charge is 0.129 e. The molecule has 1 aromatic carbocycles. The molecule has 2 nitrogen and oxygen atoms in total. The van der Waals surface area contributed by atoms with Crippen LogP contribution in [0.2, 0.25) is 0 Å². The lowest BCUT2D eigenvalue weighted by atomic mass is 9.65. The van der Waals surface area contributed by atoms with E-state index >= 15 is 0 Å². The minimum Gasteiger partial charge on any atom is -0.489 e. The quantitative estimate of drug-likeness (QED) is 0.773. The van der Waals surface area contributed by atoms with Gasteiger partial charge in [0.15, 0.2) is 0 Å². The molecule has 3 rings (SSSR count). The van der Waals surface area contributed by atoms with Crippen molar-refractivity contribution in [3.8, 4) is 5.75 Å². The van der Waals surface area contributed by atoms with Crippen molar-refractivity contribution in [2.75, 3.05) is 0 Å². The molecule has 3 unspecified atom stereocenters. The summed E-state index contributed by atoms with van der Waals surface area (Å²) in [6.07, 6.45) is 4.30. The second-order valence-corrected chi connectivity index (χ2v) is 6.60. The molecule has 0 spiro atoms. The van der Waals surface area contributed by atoms with E-state index in [-0.39, 0.29) is 11.5 Å². The van der Waals surface area contributed by atoms with Gasteiger partial charge in [0.25, 0.3) is 0 Å². The van der Waals surface area contributed by atoms with E-state index in [9.17, 15) is 0 Å². The third-order valence-corrected chi connectivity index (χ3v) is 5.93. The van der Waals surface area contributed by atoms with Gasteiger partial charge < -0.3 is 4.74 Å². The van der Waals surface area contributed by atoms with Crippen molar-refractivity contribution in [2.24, 2.45) is 5.41 Å². The first-order chi connectivity index (χ1) is 9.15. The number of halogens is 1. The fourth-order valence-electron chi connectivity index (χ4n) is 2.73. The van der Waals surface area contributed by atoms with Crippen LogP contribution in [0.15, 0.2) is 36.5 Å². The Hall–Kier alpha value is -1.09. The van der Waals surface area contributed by atoms with Gasteiger partial charge in [0.2, 0.25) is 0 Å². The third kappa shape index (κ3) is 2.04. The second-order valence-electron chi connectivity index (χ2n) is 5.50. The Morgan fingerprint density at radius 1 is 1.37 bits per heavy atom. The topological polar surface area (TPSA) is 22.1 Å². The molecular formula is C16H18BrNO. The van der Waals surface area contributed by atoms with Crippen LogP contribution in [0.5, 0.6) is 5.75 Å². The first kappa shape index (κ1) is 12.9. The van der Waals surface area contributed by atoms with Crippen molar-refractivity contribution in [1.82, 2.24) is 4.98 Å². The summed E-state index contributed by atoms with van der Waals surface area (Å²) in [4.78, 5) is 4.93. The number of fused-ring (bicyclic) bond motifs is 1. The molecule has 19 heavy (non-hydrogen) atoms. The van der Waals surface area contributed by atoms with Crippen molar-refractivity contribution < 1.29 is 4.74 Å². The lowest BCUT2D eigenvalue weighted by molar-refractivity contribution is -0.0233. The van der Waals surface area contributed by atoms with Crippen LogP contribution in [0.4, 0.5) is 0 Å². The Labute approximate surface area is 122 Å². The van der Waals surface area contributed by atoms with Gasteiger partial charge in [-0.2, -0.15) is 0 Å². The zero-order valence-electron chi connectivity index (χ0n) is 11.3. The van der Waals surface area contributed by atoms with Crippen molar-refractivity contribution in [3.05, 3.63) is 36.5 Å². The highest BCUT2D eigenvalue weighted by Crippen LogP contribution is 2.50. The minimum absolute atomic E-state index is 0.227. The van der Waals surface area contributed by atoms with Crippen LogP contribution < -0.4 is 4.74 Å². The molecule has 0 N–H and O–H groups in total. The molecule has 3 heteroatoms. The predicted octanol–water partition coefficient (Wildman–Crippen LogP) is 4.57. The number of alkyl halides is 1. The van der Waals surface area contributed by atoms with E-state index in [0.717, 1.165) is 29.5 Å². The van der Waals surface area contributed by atoms with E-state index in [2.05, 4.69) is 40.8 Å². The number of ether oxygens (including phenoxy) is 1. The number of rotatable bonds is 3. The van der Waals surface area contributed by atoms with Crippen LogP contribution in [0.25, 0.3) is 10.9 Å². The van der Waals surface area contributed by atoms with E-state index < -0.39 is 0 Å². The Bertz CT molecular complexity index is 595. The minimum atomic E-state index is 0.227. The van der Waals surface area contributed by atoms with Gasteiger partial charge in [-0.1, -0.05) is 35.8 Å². The van der Waals surface area contributed by atoms with E-state index in [1.165, 1.54) is 0 Å². The Morgan fingerprint density at radius 3 is 2.95 bits per heavy atom. The van der Waals surface area contributed by atoms with Gasteiger partial charge in [-0.05, 0) is 37.1 Å². The fraction of sp³-hybridized carbons (Fsp3) is 0.438. The van der Waals surface area contributed by atoms with Crippen molar-refractivity contribution >= 4 is 26.8 Å². The number of hydrogen-bond acceptors (Lipinski definition) is 2. The zero-order valence-corrected chi connectivity index (χ0v) is 12.9. The summed E-state index contributed by atoms with van der Waals surface area (Å²) in [5.41, 5.74) is 1.22. The molecule has 0 bridgehead atoms. The molecule has 1 fully saturated rings. The summed E-state index contributed by atoms with van der Waals surface area (Å²) >= 11 is 3.75. The number of benzene rings is 1. The molecule has 3 atom stereocenters. The molecule has 2 aromatic rings. The number of hydrogen-bond donors (Lipinski definition) is 0. The summed E-state index contributed by atoms with van der Waals surface area (Å²) < 4.78 is 6.27. The molecule has 0 saturated heterocycles. The number of pyridine rings is 1. The summed E-state index contributed by atoms with van der Waals surface area (Å²) in [7, 11) is 0. The number of aromatic nitrogens is 1. The Balaban J connectivity index is 1.91. The van der Waals surface area contributed by atoms with Crippen LogP contribution in [0.1, 0.15) is 26.7 Å². The van der Waals surface area contributed by atoms with Crippen molar-refractivity contribution in [2.45, 2.75) is 37.6 Å². The van der Waals surface area contributed by atoms with E-state index in [0.29, 0.717) is 4.83 Å². The Kier molecular flexibility index (Phi) is 3.25. The largest absolute Gasteiger partial charge is 0.489 e.